The minimum Gasteiger partial charge on any atom is -0.369 e. The predicted octanol–water partition coefficient (Wildman–Crippen LogP) is 3.20. The molecule has 4 aromatic rings. The smallest absolute Gasteiger partial charge is 0.257 e. The molecule has 166 valence electrons. The lowest BCUT2D eigenvalue weighted by molar-refractivity contribution is 0.102. The fourth-order valence-corrected chi connectivity index (χ4v) is 4.42. The minimum absolute atomic E-state index is 0.236. The quantitative estimate of drug-likeness (QED) is 0.503. The maximum absolute atomic E-state index is 14.4. The van der Waals surface area contributed by atoms with E-state index < -0.39 is 5.82 Å². The molecule has 1 fully saturated rings. The van der Waals surface area contributed by atoms with E-state index in [2.05, 4.69) is 25.6 Å². The first-order valence-corrected chi connectivity index (χ1v) is 10.9. The summed E-state index contributed by atoms with van der Waals surface area (Å²) in [4.78, 5) is 19.7. The van der Waals surface area contributed by atoms with Gasteiger partial charge >= 0.3 is 0 Å². The van der Waals surface area contributed by atoms with Gasteiger partial charge in [-0.25, -0.2) is 9.37 Å². The number of carbonyl (C=O) groups excluding carboxylic acids is 1. The number of nitrogens with one attached hydrogen (secondary N) is 2. The molecule has 4 heterocycles. The Hall–Kier alpha value is -3.46. The number of halogens is 1. The summed E-state index contributed by atoms with van der Waals surface area (Å²) in [5, 5.41) is 11.8. The Morgan fingerprint density at radius 2 is 2.12 bits per heavy atom. The molecule has 0 spiro atoms. The van der Waals surface area contributed by atoms with Crippen LogP contribution in [0.15, 0.2) is 36.8 Å². The molecule has 1 aromatic carbocycles. The maximum Gasteiger partial charge on any atom is 0.257 e. The van der Waals surface area contributed by atoms with Gasteiger partial charge in [-0.05, 0) is 39.4 Å². The number of fused-ring (bicyclic) bond motifs is 2. The van der Waals surface area contributed by atoms with E-state index in [-0.39, 0.29) is 11.6 Å². The highest BCUT2D eigenvalue weighted by molar-refractivity contribution is 6.13. The fourth-order valence-electron chi connectivity index (χ4n) is 4.42. The highest BCUT2D eigenvalue weighted by Crippen LogP contribution is 2.32. The van der Waals surface area contributed by atoms with Crippen molar-refractivity contribution in [3.8, 4) is 0 Å². The van der Waals surface area contributed by atoms with Crippen molar-refractivity contribution in [2.45, 2.75) is 32.9 Å². The zero-order chi connectivity index (χ0) is 22.4. The molecule has 1 amide bonds. The third-order valence-electron chi connectivity index (χ3n) is 6.09. The number of hydrogen-bond donors (Lipinski definition) is 2. The summed E-state index contributed by atoms with van der Waals surface area (Å²) in [6, 6.07) is 5.53. The molecular weight excluding hydrogens is 409 g/mol. The second kappa shape index (κ2) is 7.90. The number of pyridine rings is 1. The summed E-state index contributed by atoms with van der Waals surface area (Å²) in [7, 11) is 1.98. The fraction of sp³-hybridized carbons (Fsp3) is 0.348. The van der Waals surface area contributed by atoms with Crippen LogP contribution in [0.3, 0.4) is 0 Å². The van der Waals surface area contributed by atoms with E-state index in [1.165, 1.54) is 6.07 Å². The van der Waals surface area contributed by atoms with Crippen LogP contribution in [-0.2, 0) is 6.54 Å². The van der Waals surface area contributed by atoms with Crippen LogP contribution in [0.5, 0.6) is 0 Å². The van der Waals surface area contributed by atoms with Gasteiger partial charge in [0.05, 0.1) is 16.9 Å². The molecule has 3 aromatic heterocycles. The van der Waals surface area contributed by atoms with Crippen molar-refractivity contribution >= 4 is 33.8 Å². The van der Waals surface area contributed by atoms with Gasteiger partial charge in [0.25, 0.3) is 5.91 Å². The summed E-state index contributed by atoms with van der Waals surface area (Å²) in [5.74, 6) is -0.812. The molecule has 1 saturated heterocycles. The zero-order valence-electron chi connectivity index (χ0n) is 18.4. The van der Waals surface area contributed by atoms with Crippen LogP contribution in [0, 0.1) is 12.7 Å². The van der Waals surface area contributed by atoms with Crippen molar-refractivity contribution in [3.05, 3.63) is 53.9 Å². The van der Waals surface area contributed by atoms with E-state index in [0.29, 0.717) is 35.0 Å². The molecule has 1 atom stereocenters. The largest absolute Gasteiger partial charge is 0.369 e. The number of carbonyl (C=O) groups is 1. The third-order valence-corrected chi connectivity index (χ3v) is 6.09. The standard InChI is InChI=1S/C23H26FN7O/c1-4-31-13-18-20(29-8-7-15(11-29)25-3)6-5-17(21(18)28-31)23(32)27-16-9-19(24)22-26-14(2)10-30(22)12-16/h5-6,9-10,12-13,15,25H,4,7-8,11H2,1-3H3,(H,27,32)/t15-/m1/s1. The third kappa shape index (κ3) is 3.48. The van der Waals surface area contributed by atoms with Gasteiger partial charge in [0.15, 0.2) is 11.5 Å². The van der Waals surface area contributed by atoms with E-state index in [0.717, 1.165) is 30.6 Å². The topological polar surface area (TPSA) is 79.5 Å². The molecule has 0 radical (unpaired) electrons. The van der Waals surface area contributed by atoms with Gasteiger partial charge in [0, 0.05) is 61.4 Å². The van der Waals surface area contributed by atoms with Crippen molar-refractivity contribution in [2.24, 2.45) is 0 Å². The summed E-state index contributed by atoms with van der Waals surface area (Å²) in [6.07, 6.45) is 6.45. The number of amides is 1. The van der Waals surface area contributed by atoms with Crippen LogP contribution in [0.25, 0.3) is 16.6 Å². The number of aromatic nitrogens is 4. The normalized spacial score (nSPS) is 16.4. The average Bonchev–Trinajstić information content (AvgIpc) is 3.50. The Balaban J connectivity index is 1.50. The molecule has 2 N–H and O–H groups in total. The Bertz CT molecular complexity index is 1330. The minimum atomic E-state index is -0.486. The number of nitrogens with zero attached hydrogens (tertiary/aromatic N) is 5. The van der Waals surface area contributed by atoms with E-state index in [1.807, 2.05) is 37.0 Å². The second-order valence-corrected chi connectivity index (χ2v) is 8.24. The first-order valence-electron chi connectivity index (χ1n) is 10.9. The Kier molecular flexibility index (Phi) is 5.05. The number of aryl methyl sites for hydroxylation is 2. The van der Waals surface area contributed by atoms with Gasteiger partial charge < -0.3 is 19.9 Å². The van der Waals surface area contributed by atoms with E-state index >= 15 is 0 Å². The lowest BCUT2D eigenvalue weighted by Crippen LogP contribution is -2.29. The first-order chi connectivity index (χ1) is 15.5. The summed E-state index contributed by atoms with van der Waals surface area (Å²) in [6.45, 7) is 6.39. The van der Waals surface area contributed by atoms with Crippen molar-refractivity contribution in [1.82, 2.24) is 24.5 Å². The highest BCUT2D eigenvalue weighted by atomic mass is 19.1. The zero-order valence-corrected chi connectivity index (χ0v) is 18.4. The van der Waals surface area contributed by atoms with E-state index in [9.17, 15) is 9.18 Å². The first kappa shape index (κ1) is 20.4. The second-order valence-electron chi connectivity index (χ2n) is 8.24. The van der Waals surface area contributed by atoms with Crippen LogP contribution >= 0.6 is 0 Å². The molecule has 1 aliphatic rings. The molecule has 9 heteroatoms. The SMILES string of the molecule is CCn1cc2c(N3CC[C@@H](NC)C3)ccc(C(=O)Nc3cc(F)c4nc(C)cn4c3)c2n1. The van der Waals surface area contributed by atoms with E-state index in [4.69, 9.17) is 0 Å². The van der Waals surface area contributed by atoms with Crippen LogP contribution in [0.4, 0.5) is 15.8 Å². The van der Waals surface area contributed by atoms with Gasteiger partial charge in [-0.3, -0.25) is 9.48 Å². The number of imidazole rings is 1. The predicted molar refractivity (Wildman–Crippen MR) is 123 cm³/mol. The molecule has 8 nitrogen and oxygen atoms in total. The Morgan fingerprint density at radius 3 is 2.88 bits per heavy atom. The number of likely N-dealkylation sites (N-methyl/N-ethyl adjacent to an activating group) is 1. The van der Waals surface area contributed by atoms with Crippen molar-refractivity contribution in [2.75, 3.05) is 30.4 Å². The van der Waals surface area contributed by atoms with Crippen molar-refractivity contribution < 1.29 is 9.18 Å². The summed E-state index contributed by atoms with van der Waals surface area (Å²) in [5.41, 5.74) is 3.49. The van der Waals surface area contributed by atoms with Gasteiger partial charge in [-0.1, -0.05) is 0 Å². The average molecular weight is 436 g/mol. The summed E-state index contributed by atoms with van der Waals surface area (Å²) >= 11 is 0. The van der Waals surface area contributed by atoms with E-state index in [1.54, 1.807) is 23.7 Å². The number of hydrogen-bond acceptors (Lipinski definition) is 5. The Morgan fingerprint density at radius 1 is 1.28 bits per heavy atom. The van der Waals surface area contributed by atoms with Crippen LogP contribution in [-0.4, -0.2) is 51.3 Å². The monoisotopic (exact) mass is 435 g/mol. The maximum atomic E-state index is 14.4. The van der Waals surface area contributed by atoms with Crippen molar-refractivity contribution in [1.29, 1.82) is 0 Å². The molecule has 5 rings (SSSR count). The summed E-state index contributed by atoms with van der Waals surface area (Å²) < 4.78 is 17.9. The number of anilines is 2. The highest BCUT2D eigenvalue weighted by Gasteiger charge is 2.25. The van der Waals surface area contributed by atoms with Gasteiger partial charge in [-0.2, -0.15) is 5.10 Å². The van der Waals surface area contributed by atoms with Crippen LogP contribution in [0.1, 0.15) is 29.4 Å². The van der Waals surface area contributed by atoms with Gasteiger partial charge in [-0.15, -0.1) is 0 Å². The lowest BCUT2D eigenvalue weighted by Gasteiger charge is -2.20. The lowest BCUT2D eigenvalue weighted by atomic mass is 10.1. The molecule has 0 saturated carbocycles. The molecule has 1 aliphatic heterocycles. The number of benzene rings is 1. The van der Waals surface area contributed by atoms with Crippen molar-refractivity contribution in [3.63, 3.8) is 0 Å². The Labute approximate surface area is 185 Å². The van der Waals surface area contributed by atoms with Gasteiger partial charge in [0.2, 0.25) is 0 Å². The molecule has 32 heavy (non-hydrogen) atoms. The number of rotatable bonds is 5. The van der Waals surface area contributed by atoms with Crippen LogP contribution < -0.4 is 15.5 Å². The molecular formula is C23H26FN7O. The molecule has 0 unspecified atom stereocenters. The van der Waals surface area contributed by atoms with Gasteiger partial charge in [0.1, 0.15) is 5.52 Å². The van der Waals surface area contributed by atoms with Crippen LogP contribution in [0.2, 0.25) is 0 Å². The molecule has 0 bridgehead atoms. The molecule has 0 aliphatic carbocycles.